The molecular weight excluding hydrogens is 667 g/mol. The number of benzene rings is 7. The second-order valence-corrected chi connectivity index (χ2v) is 16.2. The molecule has 0 N–H and O–H groups in total. The van der Waals surface area contributed by atoms with E-state index < -0.39 is 0 Å². The van der Waals surface area contributed by atoms with Crippen LogP contribution in [0.1, 0.15) is 49.9 Å². The van der Waals surface area contributed by atoms with E-state index in [9.17, 15) is 0 Å². The molecular formula is C52H39N3. The summed E-state index contributed by atoms with van der Waals surface area (Å²) in [4.78, 5) is 10.2. The predicted molar refractivity (Wildman–Crippen MR) is 228 cm³/mol. The van der Waals surface area contributed by atoms with Crippen molar-refractivity contribution in [2.45, 2.75) is 38.5 Å². The van der Waals surface area contributed by atoms with Crippen molar-refractivity contribution in [2.75, 3.05) is 0 Å². The van der Waals surface area contributed by atoms with Crippen molar-refractivity contribution in [3.63, 3.8) is 0 Å². The SMILES string of the molecule is CC1(C)c2ccccc2-c2cc3c(cc21)c1cc2c(cc1n3-c1ccc(-c3nc(-c4ccccc4)cc(-c4ccccc4)n3)cc1)C(C)(C)c1ccccc1-2. The van der Waals surface area contributed by atoms with Crippen LogP contribution in [0.2, 0.25) is 0 Å². The molecule has 2 aliphatic rings. The van der Waals surface area contributed by atoms with Gasteiger partial charge in [-0.15, -0.1) is 0 Å². The van der Waals surface area contributed by atoms with Crippen molar-refractivity contribution >= 4 is 21.8 Å². The first-order valence-electron chi connectivity index (χ1n) is 19.2. The van der Waals surface area contributed by atoms with Crippen LogP contribution in [0.5, 0.6) is 0 Å². The molecule has 0 aliphatic heterocycles. The number of hydrogen-bond acceptors (Lipinski definition) is 2. The molecule has 0 atom stereocenters. The van der Waals surface area contributed by atoms with Crippen LogP contribution < -0.4 is 0 Å². The van der Waals surface area contributed by atoms with Gasteiger partial charge in [-0.3, -0.25) is 0 Å². The van der Waals surface area contributed by atoms with Crippen LogP contribution in [0.4, 0.5) is 0 Å². The Labute approximate surface area is 321 Å². The van der Waals surface area contributed by atoms with Crippen molar-refractivity contribution in [2.24, 2.45) is 0 Å². The Kier molecular flexibility index (Phi) is 6.65. The van der Waals surface area contributed by atoms with Crippen molar-refractivity contribution in [1.29, 1.82) is 0 Å². The Balaban J connectivity index is 1.13. The molecule has 0 bridgehead atoms. The molecule has 0 spiro atoms. The number of nitrogens with zero attached hydrogens (tertiary/aromatic N) is 3. The van der Waals surface area contributed by atoms with Crippen molar-refractivity contribution in [1.82, 2.24) is 14.5 Å². The molecule has 262 valence electrons. The van der Waals surface area contributed by atoms with Gasteiger partial charge in [0.2, 0.25) is 0 Å². The maximum Gasteiger partial charge on any atom is 0.160 e. The van der Waals surface area contributed by atoms with Crippen LogP contribution in [0.15, 0.2) is 164 Å². The van der Waals surface area contributed by atoms with Crippen LogP contribution in [-0.4, -0.2) is 14.5 Å². The average Bonchev–Trinajstić information content (AvgIpc) is 3.76. The third kappa shape index (κ3) is 4.63. The molecule has 0 unspecified atom stereocenters. The fourth-order valence-corrected chi connectivity index (χ4v) is 9.53. The van der Waals surface area contributed by atoms with E-state index in [0.29, 0.717) is 5.82 Å². The van der Waals surface area contributed by atoms with Gasteiger partial charge in [0.25, 0.3) is 0 Å². The Bertz CT molecular complexity index is 2950. The molecule has 0 saturated carbocycles. The molecule has 11 rings (SSSR count). The summed E-state index contributed by atoms with van der Waals surface area (Å²) >= 11 is 0. The maximum absolute atomic E-state index is 5.12. The minimum Gasteiger partial charge on any atom is -0.309 e. The van der Waals surface area contributed by atoms with Crippen LogP contribution in [0.3, 0.4) is 0 Å². The largest absolute Gasteiger partial charge is 0.309 e. The Morgan fingerprint density at radius 1 is 0.382 bits per heavy atom. The lowest BCUT2D eigenvalue weighted by molar-refractivity contribution is 0.661. The third-order valence-electron chi connectivity index (χ3n) is 12.4. The zero-order valence-electron chi connectivity index (χ0n) is 31.4. The molecule has 2 heterocycles. The smallest absolute Gasteiger partial charge is 0.160 e. The van der Waals surface area contributed by atoms with Gasteiger partial charge >= 0.3 is 0 Å². The minimum atomic E-state index is -0.106. The Hall–Kier alpha value is -6.58. The Morgan fingerprint density at radius 2 is 0.855 bits per heavy atom. The highest BCUT2D eigenvalue weighted by atomic mass is 15.0. The summed E-state index contributed by atoms with van der Waals surface area (Å²) in [6, 6.07) is 59.5. The summed E-state index contributed by atoms with van der Waals surface area (Å²) in [5.74, 6) is 0.711. The molecule has 9 aromatic rings. The molecule has 7 aromatic carbocycles. The summed E-state index contributed by atoms with van der Waals surface area (Å²) < 4.78 is 2.48. The van der Waals surface area contributed by atoms with E-state index in [1.807, 2.05) is 12.1 Å². The van der Waals surface area contributed by atoms with Gasteiger partial charge in [0, 0.05) is 44.0 Å². The van der Waals surface area contributed by atoms with Crippen LogP contribution in [0, 0.1) is 0 Å². The minimum absolute atomic E-state index is 0.0889. The van der Waals surface area contributed by atoms with Gasteiger partial charge in [0.05, 0.1) is 22.4 Å². The van der Waals surface area contributed by atoms with E-state index in [0.717, 1.165) is 33.8 Å². The van der Waals surface area contributed by atoms with Crippen LogP contribution >= 0.6 is 0 Å². The number of aromatic nitrogens is 3. The molecule has 0 radical (unpaired) electrons. The average molecular weight is 706 g/mol. The first-order valence-corrected chi connectivity index (χ1v) is 19.2. The lowest BCUT2D eigenvalue weighted by Gasteiger charge is -2.21. The zero-order valence-corrected chi connectivity index (χ0v) is 31.4. The van der Waals surface area contributed by atoms with Gasteiger partial charge in [-0.1, -0.05) is 137 Å². The summed E-state index contributed by atoms with van der Waals surface area (Å²) in [6.07, 6.45) is 0. The monoisotopic (exact) mass is 705 g/mol. The first kappa shape index (κ1) is 31.9. The van der Waals surface area contributed by atoms with E-state index >= 15 is 0 Å². The summed E-state index contributed by atoms with van der Waals surface area (Å²) in [7, 11) is 0. The fraction of sp³-hybridized carbons (Fsp3) is 0.115. The molecule has 3 heteroatoms. The highest BCUT2D eigenvalue weighted by Gasteiger charge is 2.38. The summed E-state index contributed by atoms with van der Waals surface area (Å²) in [5.41, 5.74) is 19.2. The quantitative estimate of drug-likeness (QED) is 0.182. The molecule has 55 heavy (non-hydrogen) atoms. The van der Waals surface area contributed by atoms with E-state index in [1.165, 1.54) is 66.3 Å². The van der Waals surface area contributed by atoms with Crippen LogP contribution in [0.25, 0.3) is 83.6 Å². The fourth-order valence-electron chi connectivity index (χ4n) is 9.53. The highest BCUT2D eigenvalue weighted by molar-refractivity contribution is 6.13. The van der Waals surface area contributed by atoms with E-state index in [1.54, 1.807) is 0 Å². The molecule has 3 nitrogen and oxygen atoms in total. The second kappa shape index (κ2) is 11.5. The molecule has 0 amide bonds. The van der Waals surface area contributed by atoms with Gasteiger partial charge in [0.15, 0.2) is 5.82 Å². The van der Waals surface area contributed by atoms with E-state index in [4.69, 9.17) is 9.97 Å². The first-order chi connectivity index (χ1) is 26.8. The van der Waals surface area contributed by atoms with Crippen molar-refractivity contribution < 1.29 is 0 Å². The molecule has 0 saturated heterocycles. The van der Waals surface area contributed by atoms with Gasteiger partial charge in [-0.25, -0.2) is 9.97 Å². The summed E-state index contributed by atoms with van der Waals surface area (Å²) in [6.45, 7) is 9.48. The number of rotatable bonds is 4. The predicted octanol–water partition coefficient (Wildman–Crippen LogP) is 13.2. The van der Waals surface area contributed by atoms with Crippen LogP contribution in [-0.2, 0) is 10.8 Å². The number of hydrogen-bond donors (Lipinski definition) is 0. The lowest BCUT2D eigenvalue weighted by atomic mass is 9.81. The Morgan fingerprint density at radius 3 is 1.44 bits per heavy atom. The third-order valence-corrected chi connectivity index (χ3v) is 12.4. The van der Waals surface area contributed by atoms with Gasteiger partial charge in [-0.05, 0) is 99.1 Å². The zero-order chi connectivity index (χ0) is 37.1. The van der Waals surface area contributed by atoms with E-state index in [-0.39, 0.29) is 10.8 Å². The molecule has 2 aromatic heterocycles. The number of fused-ring (bicyclic) bond motifs is 9. The van der Waals surface area contributed by atoms with Gasteiger partial charge in [0.1, 0.15) is 0 Å². The van der Waals surface area contributed by atoms with Gasteiger partial charge in [-0.2, -0.15) is 0 Å². The van der Waals surface area contributed by atoms with E-state index in [2.05, 4.69) is 184 Å². The molecule has 0 fully saturated rings. The highest BCUT2D eigenvalue weighted by Crippen LogP contribution is 2.54. The standard InChI is InChI=1S/C52H39N3/c1-51(2)43-22-14-12-20-37(43)39-29-48-41(28-44(39)51)40-27-38-36-19-11-13-21-42(36)52(3,4)45(38)30-49(40)55(48)35-25-23-34(24-26-35)50-53-46(32-15-7-5-8-16-32)31-47(54-50)33-17-9-6-10-18-33/h5-31H,1-4H3. The second-order valence-electron chi connectivity index (χ2n) is 16.2. The maximum atomic E-state index is 5.12. The van der Waals surface area contributed by atoms with Gasteiger partial charge < -0.3 is 4.57 Å². The van der Waals surface area contributed by atoms with Crippen molar-refractivity contribution in [3.05, 3.63) is 186 Å². The van der Waals surface area contributed by atoms with Crippen molar-refractivity contribution in [3.8, 4) is 61.8 Å². The lowest BCUT2D eigenvalue weighted by Crippen LogP contribution is -2.14. The molecule has 2 aliphatic carbocycles. The normalized spacial score (nSPS) is 14.5. The summed E-state index contributed by atoms with van der Waals surface area (Å²) in [5, 5.41) is 2.57. The topological polar surface area (TPSA) is 30.7 Å².